The van der Waals surface area contributed by atoms with Crippen molar-refractivity contribution >= 4 is 6.29 Å². The van der Waals surface area contributed by atoms with Gasteiger partial charge in [-0.15, -0.1) is 0 Å². The third kappa shape index (κ3) is 8.62. The van der Waals surface area contributed by atoms with Crippen LogP contribution in [0.5, 0.6) is 0 Å². The van der Waals surface area contributed by atoms with Gasteiger partial charge in [0.25, 0.3) is 0 Å². The summed E-state index contributed by atoms with van der Waals surface area (Å²) in [6.45, 7) is 14.3. The molecule has 4 atom stereocenters. The van der Waals surface area contributed by atoms with Crippen LogP contribution in [0.2, 0.25) is 0 Å². The highest BCUT2D eigenvalue weighted by Gasteiger charge is 2.52. The van der Waals surface area contributed by atoms with Crippen molar-refractivity contribution in [3.63, 3.8) is 0 Å². The quantitative estimate of drug-likeness (QED) is 0.159. The molecule has 0 bridgehead atoms. The molecule has 4 heteroatoms. The number of rotatable bonds is 13. The molecule has 0 aromatic carbocycles. The second-order valence-electron chi connectivity index (χ2n) is 11.0. The maximum atomic E-state index is 11.6. The third-order valence-corrected chi connectivity index (χ3v) is 8.07. The molecule has 1 aliphatic carbocycles. The lowest BCUT2D eigenvalue weighted by Gasteiger charge is -2.53. The molecule has 0 amide bonds. The molecule has 34 heavy (non-hydrogen) atoms. The van der Waals surface area contributed by atoms with Crippen molar-refractivity contribution in [2.45, 2.75) is 118 Å². The average Bonchev–Trinajstić information content (AvgIpc) is 2.77. The summed E-state index contributed by atoms with van der Waals surface area (Å²) in [6.07, 6.45) is 13.8. The van der Waals surface area contributed by atoms with Crippen molar-refractivity contribution in [3.05, 3.63) is 46.1 Å². The molecular weight excluding hydrogens is 424 g/mol. The van der Waals surface area contributed by atoms with Gasteiger partial charge in [-0.1, -0.05) is 41.9 Å². The molecule has 0 saturated heterocycles. The minimum absolute atomic E-state index is 0.0543. The number of carbonyl (C=O) groups is 1. The van der Waals surface area contributed by atoms with E-state index in [4.69, 9.17) is 0 Å². The number of hydrogen-bond donors (Lipinski definition) is 3. The van der Waals surface area contributed by atoms with E-state index in [1.54, 1.807) is 0 Å². The molecule has 0 aliphatic heterocycles. The topological polar surface area (TPSA) is 77.8 Å². The molecule has 0 radical (unpaired) electrons. The highest BCUT2D eigenvalue weighted by atomic mass is 16.3. The zero-order chi connectivity index (χ0) is 25.9. The molecule has 1 unspecified atom stereocenters. The Bertz CT molecular complexity index is 780. The van der Waals surface area contributed by atoms with Gasteiger partial charge in [-0.2, -0.15) is 0 Å². The van der Waals surface area contributed by atoms with E-state index < -0.39 is 17.1 Å². The van der Waals surface area contributed by atoms with E-state index >= 15 is 0 Å². The van der Waals surface area contributed by atoms with Crippen LogP contribution in [-0.4, -0.2) is 39.9 Å². The summed E-state index contributed by atoms with van der Waals surface area (Å²) in [5.74, 6) is 0.0543. The maximum Gasteiger partial charge on any atom is 0.145 e. The van der Waals surface area contributed by atoms with Crippen molar-refractivity contribution < 1.29 is 20.1 Å². The Balaban J connectivity index is 2.92. The summed E-state index contributed by atoms with van der Waals surface area (Å²) in [4.78, 5) is 11.6. The first-order chi connectivity index (χ1) is 15.9. The monoisotopic (exact) mass is 474 g/mol. The van der Waals surface area contributed by atoms with Gasteiger partial charge >= 0.3 is 0 Å². The first-order valence-electron chi connectivity index (χ1n) is 13.0. The van der Waals surface area contributed by atoms with Crippen LogP contribution in [0.4, 0.5) is 0 Å². The van der Waals surface area contributed by atoms with E-state index in [1.807, 2.05) is 20.8 Å². The minimum Gasteiger partial charge on any atom is -0.396 e. The predicted molar refractivity (Wildman–Crippen MR) is 143 cm³/mol. The molecule has 3 N–H and O–H groups in total. The molecule has 1 saturated carbocycles. The molecule has 1 fully saturated rings. The maximum absolute atomic E-state index is 11.6. The smallest absolute Gasteiger partial charge is 0.145 e. The lowest BCUT2D eigenvalue weighted by atomic mass is 9.54. The standard InChI is InChI=1S/C30H50O4/c1-22(2)11-8-12-23(3)15-16-28(33)24(4)13-9-18-29(6)27(14-10-20-31)26(25(5)21-32)17-19-30(29,7)34/h11,13,15,21,27-28,31,33-34H,8-10,12,14,16-20H2,1-7H3/b23-15+,24-13+,26-25+/t27-,28?,29+,30+/m1/s1. The van der Waals surface area contributed by atoms with Gasteiger partial charge in [-0.25, -0.2) is 0 Å². The zero-order valence-corrected chi connectivity index (χ0v) is 22.8. The van der Waals surface area contributed by atoms with Crippen molar-refractivity contribution in [3.8, 4) is 0 Å². The van der Waals surface area contributed by atoms with Crippen LogP contribution in [0.15, 0.2) is 46.1 Å². The van der Waals surface area contributed by atoms with Crippen LogP contribution >= 0.6 is 0 Å². The fourth-order valence-corrected chi connectivity index (χ4v) is 5.30. The Labute approximate surface area is 208 Å². The van der Waals surface area contributed by atoms with Crippen LogP contribution in [-0.2, 0) is 4.79 Å². The number of aliphatic hydroxyl groups is 3. The fourth-order valence-electron chi connectivity index (χ4n) is 5.30. The molecule has 4 nitrogen and oxygen atoms in total. The average molecular weight is 475 g/mol. The Morgan fingerprint density at radius 1 is 1.09 bits per heavy atom. The summed E-state index contributed by atoms with van der Waals surface area (Å²) < 4.78 is 0. The highest BCUT2D eigenvalue weighted by Crippen LogP contribution is 2.55. The number of aliphatic hydroxyl groups excluding tert-OH is 2. The number of aldehydes is 1. The summed E-state index contributed by atoms with van der Waals surface area (Å²) >= 11 is 0. The third-order valence-electron chi connectivity index (χ3n) is 8.07. The second kappa shape index (κ2) is 14.2. The van der Waals surface area contributed by atoms with Crippen molar-refractivity contribution in [2.75, 3.05) is 6.61 Å². The van der Waals surface area contributed by atoms with Gasteiger partial charge in [0, 0.05) is 12.0 Å². The second-order valence-corrected chi connectivity index (χ2v) is 11.0. The van der Waals surface area contributed by atoms with Gasteiger partial charge in [0.1, 0.15) is 6.29 Å². The Morgan fingerprint density at radius 3 is 2.35 bits per heavy atom. The molecule has 0 aromatic heterocycles. The predicted octanol–water partition coefficient (Wildman–Crippen LogP) is 6.61. The minimum atomic E-state index is -0.856. The summed E-state index contributed by atoms with van der Waals surface area (Å²) in [5.41, 5.74) is 4.21. The summed E-state index contributed by atoms with van der Waals surface area (Å²) in [6, 6.07) is 0. The Hall–Kier alpha value is -1.49. The van der Waals surface area contributed by atoms with Gasteiger partial charge in [-0.05, 0) is 116 Å². The molecule has 1 rings (SSSR count). The van der Waals surface area contributed by atoms with Gasteiger partial charge < -0.3 is 15.3 Å². The molecule has 0 aromatic rings. The molecular formula is C30H50O4. The largest absolute Gasteiger partial charge is 0.396 e. The normalized spacial score (nSPS) is 28.5. The van der Waals surface area contributed by atoms with Crippen LogP contribution < -0.4 is 0 Å². The highest BCUT2D eigenvalue weighted by molar-refractivity contribution is 5.74. The van der Waals surface area contributed by atoms with Crippen LogP contribution in [0.25, 0.3) is 0 Å². The number of hydrogen-bond acceptors (Lipinski definition) is 4. The van der Waals surface area contributed by atoms with E-state index in [-0.39, 0.29) is 12.5 Å². The zero-order valence-electron chi connectivity index (χ0n) is 22.8. The van der Waals surface area contributed by atoms with Crippen LogP contribution in [0.1, 0.15) is 106 Å². The van der Waals surface area contributed by atoms with Gasteiger partial charge in [0.15, 0.2) is 0 Å². The summed E-state index contributed by atoms with van der Waals surface area (Å²) in [5, 5.41) is 31.5. The van der Waals surface area contributed by atoms with E-state index in [2.05, 4.69) is 45.9 Å². The Kier molecular flexibility index (Phi) is 12.7. The lowest BCUT2D eigenvalue weighted by molar-refractivity contribution is -0.115. The van der Waals surface area contributed by atoms with E-state index in [0.29, 0.717) is 19.3 Å². The molecule has 194 valence electrons. The van der Waals surface area contributed by atoms with E-state index in [0.717, 1.165) is 61.5 Å². The van der Waals surface area contributed by atoms with Gasteiger partial charge in [-0.3, -0.25) is 4.79 Å². The number of carbonyl (C=O) groups excluding carboxylic acids is 1. The molecule has 0 spiro atoms. The lowest BCUT2D eigenvalue weighted by Crippen LogP contribution is -2.52. The van der Waals surface area contributed by atoms with Crippen LogP contribution in [0.3, 0.4) is 0 Å². The molecule has 0 heterocycles. The first kappa shape index (κ1) is 30.5. The fraction of sp³-hybridized carbons (Fsp3) is 0.700. The van der Waals surface area contributed by atoms with Crippen LogP contribution in [0, 0.1) is 11.3 Å². The number of allylic oxidation sites excluding steroid dienone is 6. The molecule has 1 aliphatic rings. The van der Waals surface area contributed by atoms with Crippen molar-refractivity contribution in [1.82, 2.24) is 0 Å². The van der Waals surface area contributed by atoms with Gasteiger partial charge in [0.2, 0.25) is 0 Å². The summed E-state index contributed by atoms with van der Waals surface area (Å²) in [7, 11) is 0. The SMILES string of the molecule is CC(C)=CCC/C(C)=C/CC(O)/C(C)=C/CC[C@@]1(C)[C@H](CCCO)/C(=C(\C)C=O)CC[C@]1(C)O. The van der Waals surface area contributed by atoms with Crippen molar-refractivity contribution in [2.24, 2.45) is 11.3 Å². The van der Waals surface area contributed by atoms with E-state index in [9.17, 15) is 20.1 Å². The van der Waals surface area contributed by atoms with Gasteiger partial charge in [0.05, 0.1) is 11.7 Å². The Morgan fingerprint density at radius 2 is 1.76 bits per heavy atom. The van der Waals surface area contributed by atoms with Crippen molar-refractivity contribution in [1.29, 1.82) is 0 Å². The first-order valence-corrected chi connectivity index (χ1v) is 13.0. The van der Waals surface area contributed by atoms with E-state index in [1.165, 1.54) is 11.1 Å².